The summed E-state index contributed by atoms with van der Waals surface area (Å²) in [4.78, 5) is 41.6. The number of hydrogen-bond acceptors (Lipinski definition) is 7. The van der Waals surface area contributed by atoms with Crippen molar-refractivity contribution in [1.82, 2.24) is 25.1 Å². The van der Waals surface area contributed by atoms with Crippen molar-refractivity contribution in [3.05, 3.63) is 106 Å². The van der Waals surface area contributed by atoms with E-state index >= 15 is 4.39 Å². The summed E-state index contributed by atoms with van der Waals surface area (Å²) in [5.74, 6) is -1.87. The van der Waals surface area contributed by atoms with Crippen molar-refractivity contribution in [2.45, 2.75) is 76.5 Å². The van der Waals surface area contributed by atoms with Crippen LogP contribution in [0.1, 0.15) is 84.6 Å². The molecule has 6 rings (SSSR count). The number of fused-ring (bicyclic) bond motifs is 1. The molecule has 1 amide bonds. The molecule has 0 spiro atoms. The van der Waals surface area contributed by atoms with Crippen LogP contribution in [0.25, 0.3) is 11.8 Å². The fourth-order valence-electron chi connectivity index (χ4n) is 6.73. The number of aromatic nitrogens is 4. The van der Waals surface area contributed by atoms with Crippen molar-refractivity contribution < 1.29 is 28.6 Å². The maximum absolute atomic E-state index is 15.4. The molecular weight excluding hydrogens is 637 g/mol. The van der Waals surface area contributed by atoms with Crippen molar-refractivity contribution in [2.75, 3.05) is 0 Å². The highest BCUT2D eigenvalue weighted by Crippen LogP contribution is 2.44. The van der Waals surface area contributed by atoms with Crippen molar-refractivity contribution >= 4 is 35.3 Å². The summed E-state index contributed by atoms with van der Waals surface area (Å²) in [6.07, 6.45) is 9.63. The molecule has 1 aromatic heterocycles. The molecule has 10 nitrogen and oxygen atoms in total. The molecule has 3 aromatic carbocycles. The Hall–Kier alpha value is -4.90. The highest BCUT2D eigenvalue weighted by atomic mass is 35.5. The Morgan fingerprint density at radius 3 is 2.50 bits per heavy atom. The Balaban J connectivity index is 1.40. The van der Waals surface area contributed by atoms with Gasteiger partial charge in [-0.15, -0.1) is 5.10 Å². The standard InChI is InChI=1S/C36H35ClFN5O5/c1-36(2)20-27-25(9-6-10-31(27)48-24-7-4-3-5-8-24)34(30(44)19-22-11-13-23(14-12-22)35(46)47)43(36)32(45)18-15-26-29(42-21-39-40-41-42)17-16-28(37)33(26)38/h6,9-18,21,24,34H,3-5,7-8,19-20H2,1-2H3,(H,46,47)/b18-15+. The van der Waals surface area contributed by atoms with E-state index in [1.54, 1.807) is 23.1 Å². The van der Waals surface area contributed by atoms with Gasteiger partial charge < -0.3 is 14.7 Å². The number of carboxylic acid groups (broad SMARTS) is 1. The first-order chi connectivity index (χ1) is 23.0. The maximum atomic E-state index is 15.4. The molecule has 1 unspecified atom stereocenters. The highest BCUT2D eigenvalue weighted by Gasteiger charge is 2.46. The van der Waals surface area contributed by atoms with Crippen LogP contribution in [-0.2, 0) is 22.4 Å². The molecule has 2 heterocycles. The summed E-state index contributed by atoms with van der Waals surface area (Å²) in [5, 5.41) is 20.3. The van der Waals surface area contributed by atoms with Crippen LogP contribution in [0.3, 0.4) is 0 Å². The number of halogens is 2. The number of amides is 1. The Kier molecular flexibility index (Phi) is 9.41. The topological polar surface area (TPSA) is 128 Å². The molecule has 1 atom stereocenters. The second kappa shape index (κ2) is 13.7. The quantitative estimate of drug-likeness (QED) is 0.197. The molecule has 1 saturated carbocycles. The third-order valence-electron chi connectivity index (χ3n) is 9.05. The van der Waals surface area contributed by atoms with Crippen molar-refractivity contribution in [3.63, 3.8) is 0 Å². The van der Waals surface area contributed by atoms with Crippen LogP contribution in [0.5, 0.6) is 5.75 Å². The van der Waals surface area contributed by atoms with Crippen molar-refractivity contribution in [3.8, 4) is 11.4 Å². The Morgan fingerprint density at radius 2 is 1.81 bits per heavy atom. The number of rotatable bonds is 9. The van der Waals surface area contributed by atoms with Crippen LogP contribution in [0.15, 0.2) is 67.0 Å². The molecule has 0 saturated heterocycles. The smallest absolute Gasteiger partial charge is 0.335 e. The summed E-state index contributed by atoms with van der Waals surface area (Å²) in [6, 6.07) is 13.7. The van der Waals surface area contributed by atoms with Gasteiger partial charge in [0.15, 0.2) is 11.6 Å². The lowest BCUT2D eigenvalue weighted by atomic mass is 9.78. The predicted molar refractivity (Wildman–Crippen MR) is 177 cm³/mol. The van der Waals surface area contributed by atoms with E-state index in [4.69, 9.17) is 16.3 Å². The van der Waals surface area contributed by atoms with Gasteiger partial charge in [-0.05, 0) is 104 Å². The largest absolute Gasteiger partial charge is 0.490 e. The van der Waals surface area contributed by atoms with Gasteiger partial charge in [-0.25, -0.2) is 9.18 Å². The maximum Gasteiger partial charge on any atom is 0.335 e. The molecule has 1 aliphatic heterocycles. The van der Waals surface area contributed by atoms with Gasteiger partial charge in [0.2, 0.25) is 5.91 Å². The summed E-state index contributed by atoms with van der Waals surface area (Å²) in [7, 11) is 0. The number of carbonyl (C=O) groups is 3. The van der Waals surface area contributed by atoms with Gasteiger partial charge in [-0.3, -0.25) is 9.59 Å². The summed E-state index contributed by atoms with van der Waals surface area (Å²) in [6.45, 7) is 3.79. The Labute approximate surface area is 282 Å². The van der Waals surface area contributed by atoms with Crippen LogP contribution >= 0.6 is 11.6 Å². The normalized spacial score (nSPS) is 17.7. The van der Waals surface area contributed by atoms with Crippen LogP contribution < -0.4 is 4.74 Å². The van der Waals surface area contributed by atoms with E-state index in [1.807, 2.05) is 32.0 Å². The summed E-state index contributed by atoms with van der Waals surface area (Å²) >= 11 is 6.11. The summed E-state index contributed by atoms with van der Waals surface area (Å²) < 4.78 is 23.2. The molecule has 1 fully saturated rings. The van der Waals surface area contributed by atoms with E-state index in [1.165, 1.54) is 47.8 Å². The molecule has 2 aliphatic rings. The average Bonchev–Trinajstić information content (AvgIpc) is 3.60. The van der Waals surface area contributed by atoms with E-state index in [2.05, 4.69) is 15.5 Å². The highest BCUT2D eigenvalue weighted by molar-refractivity contribution is 6.31. The number of ketones is 1. The number of carboxylic acids is 1. The third-order valence-corrected chi connectivity index (χ3v) is 9.34. The van der Waals surface area contributed by atoms with Crippen LogP contribution in [0.2, 0.25) is 5.02 Å². The number of hydrogen-bond donors (Lipinski definition) is 1. The molecule has 0 radical (unpaired) electrons. The molecule has 1 aliphatic carbocycles. The number of carbonyl (C=O) groups excluding carboxylic acids is 2. The first-order valence-electron chi connectivity index (χ1n) is 15.9. The van der Waals surface area contributed by atoms with E-state index < -0.39 is 29.3 Å². The minimum atomic E-state index is -1.07. The second-order valence-corrected chi connectivity index (χ2v) is 13.2. The van der Waals surface area contributed by atoms with E-state index in [9.17, 15) is 19.5 Å². The van der Waals surface area contributed by atoms with Gasteiger partial charge in [-0.1, -0.05) is 42.3 Å². The van der Waals surface area contributed by atoms with E-state index in [-0.39, 0.29) is 40.1 Å². The first-order valence-corrected chi connectivity index (χ1v) is 16.3. The van der Waals surface area contributed by atoms with Crippen molar-refractivity contribution in [2.24, 2.45) is 0 Å². The number of nitrogens with zero attached hydrogens (tertiary/aromatic N) is 5. The number of Topliss-reactive ketones (excluding diaryl/α,β-unsaturated/α-hetero) is 1. The van der Waals surface area contributed by atoms with Gasteiger partial charge >= 0.3 is 5.97 Å². The molecule has 48 heavy (non-hydrogen) atoms. The number of benzene rings is 3. The minimum absolute atomic E-state index is 0.00271. The van der Waals surface area contributed by atoms with Crippen LogP contribution in [0, 0.1) is 5.82 Å². The number of aromatic carboxylic acids is 1. The number of ether oxygens (including phenoxy) is 1. The predicted octanol–water partition coefficient (Wildman–Crippen LogP) is 6.59. The second-order valence-electron chi connectivity index (χ2n) is 12.8. The SMILES string of the molecule is CC1(C)Cc2c(OC3CCCCC3)cccc2C(C(=O)Cc2ccc(C(=O)O)cc2)N1C(=O)/C=C/c1c(-n2cnnn2)ccc(Cl)c1F. The molecule has 0 bridgehead atoms. The van der Waals surface area contributed by atoms with Gasteiger partial charge in [0.25, 0.3) is 0 Å². The van der Waals surface area contributed by atoms with Gasteiger partial charge in [0.1, 0.15) is 18.1 Å². The fourth-order valence-corrected chi connectivity index (χ4v) is 6.90. The average molecular weight is 672 g/mol. The Bertz CT molecular complexity index is 1870. The van der Waals surface area contributed by atoms with Crippen LogP contribution in [-0.4, -0.2) is 59.5 Å². The molecule has 12 heteroatoms. The van der Waals surface area contributed by atoms with Crippen LogP contribution in [0.4, 0.5) is 4.39 Å². The van der Waals surface area contributed by atoms with Gasteiger partial charge in [0, 0.05) is 29.2 Å². The molecule has 248 valence electrons. The zero-order valence-electron chi connectivity index (χ0n) is 26.6. The number of tetrazole rings is 1. The Morgan fingerprint density at radius 1 is 1.06 bits per heavy atom. The lowest BCUT2D eigenvalue weighted by molar-refractivity contribution is -0.143. The van der Waals surface area contributed by atoms with E-state index in [0.717, 1.165) is 31.2 Å². The first kappa shape index (κ1) is 33.0. The fraction of sp³-hybridized carbons (Fsp3) is 0.333. The molecule has 1 N–H and O–H groups in total. The zero-order valence-corrected chi connectivity index (χ0v) is 27.4. The molecular formula is C36H35ClFN5O5. The summed E-state index contributed by atoms with van der Waals surface area (Å²) in [5.41, 5.74) is 1.68. The third kappa shape index (κ3) is 6.73. The minimum Gasteiger partial charge on any atom is -0.490 e. The molecule has 4 aromatic rings. The van der Waals surface area contributed by atoms with E-state index in [0.29, 0.717) is 23.3 Å². The van der Waals surface area contributed by atoms with Gasteiger partial charge in [0.05, 0.1) is 22.4 Å². The monoisotopic (exact) mass is 671 g/mol. The van der Waals surface area contributed by atoms with Crippen molar-refractivity contribution in [1.29, 1.82) is 0 Å². The van der Waals surface area contributed by atoms with Gasteiger partial charge in [-0.2, -0.15) is 4.68 Å². The lowest BCUT2D eigenvalue weighted by Crippen LogP contribution is -2.55. The zero-order chi connectivity index (χ0) is 34.0. The lowest BCUT2D eigenvalue weighted by Gasteiger charge is -2.48.